The van der Waals surface area contributed by atoms with Crippen molar-refractivity contribution in [3.05, 3.63) is 70.8 Å². The second-order valence-electron chi connectivity index (χ2n) is 9.49. The van der Waals surface area contributed by atoms with Gasteiger partial charge in [0.2, 0.25) is 11.8 Å². The summed E-state index contributed by atoms with van der Waals surface area (Å²) in [4.78, 5) is 42.1. The van der Waals surface area contributed by atoms with Crippen molar-refractivity contribution in [2.45, 2.75) is 63.8 Å². The summed E-state index contributed by atoms with van der Waals surface area (Å²) in [6.07, 6.45) is 3.78. The second kappa shape index (κ2) is 8.77. The third-order valence-electron chi connectivity index (χ3n) is 7.64. The largest absolute Gasteiger partial charge is 0.464 e. The van der Waals surface area contributed by atoms with E-state index in [2.05, 4.69) is 24.3 Å². The van der Waals surface area contributed by atoms with Gasteiger partial charge in [0.15, 0.2) is 0 Å². The number of unbranched alkanes of at least 4 members (excludes halogenated alkanes) is 2. The topological polar surface area (TPSA) is 63.7 Å². The number of likely N-dealkylation sites (tertiary alicyclic amines) is 1. The van der Waals surface area contributed by atoms with E-state index in [1.165, 1.54) is 4.90 Å². The quantitative estimate of drug-likeness (QED) is 0.333. The number of ether oxygens (including phenoxy) is 1. The van der Waals surface area contributed by atoms with Gasteiger partial charge < -0.3 is 4.74 Å². The minimum Gasteiger partial charge on any atom is -0.464 e. The molecular weight excluding hydrogens is 414 g/mol. The molecule has 0 aromatic heterocycles. The van der Waals surface area contributed by atoms with Gasteiger partial charge in [0.1, 0.15) is 6.04 Å². The zero-order valence-corrected chi connectivity index (χ0v) is 19.3. The van der Waals surface area contributed by atoms with Crippen molar-refractivity contribution in [2.24, 2.45) is 11.8 Å². The van der Waals surface area contributed by atoms with Crippen LogP contribution in [0.15, 0.2) is 48.5 Å². The van der Waals surface area contributed by atoms with Crippen molar-refractivity contribution in [1.82, 2.24) is 4.90 Å². The van der Waals surface area contributed by atoms with Crippen LogP contribution >= 0.6 is 0 Å². The first-order valence-electron chi connectivity index (χ1n) is 12.3. The molecule has 33 heavy (non-hydrogen) atoms. The molecule has 3 atom stereocenters. The first kappa shape index (κ1) is 21.9. The highest BCUT2D eigenvalue weighted by atomic mass is 16.5. The maximum absolute atomic E-state index is 13.9. The fourth-order valence-electron chi connectivity index (χ4n) is 6.17. The molecule has 5 nitrogen and oxygen atoms in total. The Morgan fingerprint density at radius 2 is 1.27 bits per heavy atom. The van der Waals surface area contributed by atoms with Crippen LogP contribution in [0, 0.1) is 11.8 Å². The van der Waals surface area contributed by atoms with Gasteiger partial charge in [-0.3, -0.25) is 14.5 Å². The number of hydrogen-bond acceptors (Lipinski definition) is 4. The lowest BCUT2D eigenvalue weighted by atomic mass is 9.55. The van der Waals surface area contributed by atoms with Crippen LogP contribution < -0.4 is 0 Å². The Labute approximate surface area is 195 Å². The maximum atomic E-state index is 13.9. The molecule has 0 unspecified atom stereocenters. The van der Waals surface area contributed by atoms with E-state index in [0.29, 0.717) is 13.0 Å². The summed E-state index contributed by atoms with van der Waals surface area (Å²) in [6, 6.07) is 15.5. The molecule has 2 amide bonds. The minimum atomic E-state index is -0.835. The summed E-state index contributed by atoms with van der Waals surface area (Å²) >= 11 is 0. The van der Waals surface area contributed by atoms with Crippen LogP contribution in [0.3, 0.4) is 0 Å². The number of carbonyl (C=O) groups excluding carboxylic acids is 3. The lowest BCUT2D eigenvalue weighted by Crippen LogP contribution is -2.46. The summed E-state index contributed by atoms with van der Waals surface area (Å²) < 4.78 is 5.51. The van der Waals surface area contributed by atoms with Gasteiger partial charge in [0.05, 0.1) is 18.4 Å². The zero-order chi connectivity index (χ0) is 23.1. The first-order chi connectivity index (χ1) is 16.1. The molecule has 0 spiro atoms. The van der Waals surface area contributed by atoms with Crippen molar-refractivity contribution >= 4 is 17.8 Å². The van der Waals surface area contributed by atoms with Gasteiger partial charge in [-0.05, 0) is 35.1 Å². The van der Waals surface area contributed by atoms with E-state index in [1.807, 2.05) is 38.1 Å². The summed E-state index contributed by atoms with van der Waals surface area (Å²) in [7, 11) is 0. The van der Waals surface area contributed by atoms with Gasteiger partial charge in [-0.2, -0.15) is 0 Å². The number of imide groups is 1. The smallest absolute Gasteiger partial charge is 0.329 e. The molecule has 1 saturated heterocycles. The minimum absolute atomic E-state index is 0.156. The van der Waals surface area contributed by atoms with E-state index in [-0.39, 0.29) is 23.7 Å². The SMILES string of the molecule is CCCCOC(=O)[C@H](CCCC)N1C(=O)[C@H]2C3c4ccccc4C(c4ccccc43)[C@@H]2C1=O. The Hall–Kier alpha value is -2.95. The van der Waals surface area contributed by atoms with Crippen LogP contribution in [0.2, 0.25) is 0 Å². The van der Waals surface area contributed by atoms with Gasteiger partial charge in [0, 0.05) is 11.8 Å². The first-order valence-corrected chi connectivity index (χ1v) is 12.3. The van der Waals surface area contributed by atoms with Crippen molar-refractivity contribution < 1.29 is 19.1 Å². The third kappa shape index (κ3) is 3.32. The Kier molecular flexibility index (Phi) is 5.81. The number of carbonyl (C=O) groups is 3. The predicted octanol–water partition coefficient (Wildman–Crippen LogP) is 4.78. The van der Waals surface area contributed by atoms with Gasteiger partial charge in [-0.15, -0.1) is 0 Å². The van der Waals surface area contributed by atoms with Gasteiger partial charge >= 0.3 is 5.97 Å². The summed E-state index contributed by atoms with van der Waals surface area (Å²) in [5.74, 6) is -2.09. The van der Waals surface area contributed by atoms with Crippen molar-refractivity contribution in [3.8, 4) is 0 Å². The molecule has 1 aliphatic heterocycles. The molecule has 6 rings (SSSR count). The number of rotatable bonds is 8. The Bertz CT molecular complexity index is 977. The van der Waals surface area contributed by atoms with E-state index in [4.69, 9.17) is 4.74 Å². The molecule has 172 valence electrons. The predicted molar refractivity (Wildman–Crippen MR) is 125 cm³/mol. The summed E-state index contributed by atoms with van der Waals surface area (Å²) in [5, 5.41) is 0. The second-order valence-corrected chi connectivity index (χ2v) is 9.49. The maximum Gasteiger partial charge on any atom is 0.329 e. The van der Waals surface area contributed by atoms with E-state index in [9.17, 15) is 14.4 Å². The molecule has 5 heteroatoms. The van der Waals surface area contributed by atoms with Crippen LogP contribution in [0.1, 0.15) is 80.0 Å². The molecule has 1 heterocycles. The Morgan fingerprint density at radius 1 is 0.818 bits per heavy atom. The zero-order valence-electron chi connectivity index (χ0n) is 19.3. The van der Waals surface area contributed by atoms with E-state index in [1.54, 1.807) is 0 Å². The van der Waals surface area contributed by atoms with Crippen LogP contribution in [0.25, 0.3) is 0 Å². The Morgan fingerprint density at radius 3 is 1.70 bits per heavy atom. The lowest BCUT2D eigenvalue weighted by molar-refractivity contribution is -0.159. The fraction of sp³-hybridized carbons (Fsp3) is 0.464. The van der Waals surface area contributed by atoms with Gasteiger partial charge in [0.25, 0.3) is 0 Å². The Balaban J connectivity index is 1.55. The third-order valence-corrected chi connectivity index (χ3v) is 7.64. The molecule has 4 aliphatic rings. The molecule has 2 aromatic rings. The summed E-state index contributed by atoms with van der Waals surface area (Å²) in [6.45, 7) is 4.40. The van der Waals surface area contributed by atoms with E-state index >= 15 is 0 Å². The van der Waals surface area contributed by atoms with Crippen molar-refractivity contribution in [3.63, 3.8) is 0 Å². The normalized spacial score (nSPS) is 25.5. The number of amides is 2. The fourth-order valence-corrected chi connectivity index (χ4v) is 6.17. The molecule has 2 aromatic carbocycles. The molecular formula is C28H31NO4. The highest BCUT2D eigenvalue weighted by Crippen LogP contribution is 2.61. The molecule has 1 fully saturated rings. The molecule has 2 bridgehead atoms. The highest BCUT2D eigenvalue weighted by molar-refractivity contribution is 6.10. The molecule has 0 N–H and O–H groups in total. The van der Waals surface area contributed by atoms with Crippen molar-refractivity contribution in [2.75, 3.05) is 6.61 Å². The number of esters is 1. The number of hydrogen-bond donors (Lipinski definition) is 0. The molecule has 0 saturated carbocycles. The van der Waals surface area contributed by atoms with E-state index < -0.39 is 23.8 Å². The van der Waals surface area contributed by atoms with Crippen LogP contribution in [-0.4, -0.2) is 35.3 Å². The van der Waals surface area contributed by atoms with Gasteiger partial charge in [-0.25, -0.2) is 4.79 Å². The summed E-state index contributed by atoms with van der Waals surface area (Å²) in [5.41, 5.74) is 4.56. The monoisotopic (exact) mass is 445 g/mol. The number of benzene rings is 2. The lowest BCUT2D eigenvalue weighted by Gasteiger charge is -2.45. The van der Waals surface area contributed by atoms with Crippen LogP contribution in [0.4, 0.5) is 0 Å². The average molecular weight is 446 g/mol. The van der Waals surface area contributed by atoms with Crippen molar-refractivity contribution in [1.29, 1.82) is 0 Å². The number of nitrogens with zero attached hydrogens (tertiary/aromatic N) is 1. The molecule has 0 radical (unpaired) electrons. The standard InChI is InChI=1S/C28H31NO4/c1-3-5-15-21(28(32)33-16-6-4-2)29-26(30)24-22-17-11-7-8-12-18(17)23(25(24)27(29)31)20-14-10-9-13-19(20)22/h7-14,21-25H,3-6,15-16H2,1-2H3/t21-,22?,23?,24-,25-/m0/s1. The van der Waals surface area contributed by atoms with Crippen LogP contribution in [-0.2, 0) is 19.1 Å². The van der Waals surface area contributed by atoms with E-state index in [0.717, 1.165) is 47.9 Å². The molecule has 3 aliphatic carbocycles. The average Bonchev–Trinajstić information content (AvgIpc) is 3.10. The highest BCUT2D eigenvalue weighted by Gasteiger charge is 2.63. The van der Waals surface area contributed by atoms with Gasteiger partial charge in [-0.1, -0.05) is 81.6 Å². The van der Waals surface area contributed by atoms with Crippen LogP contribution in [0.5, 0.6) is 0 Å².